The fourth-order valence-electron chi connectivity index (χ4n) is 1.19. The number of nitrogens with zero attached hydrogens (tertiary/aromatic N) is 1. The van der Waals surface area contributed by atoms with Crippen molar-refractivity contribution in [3.63, 3.8) is 0 Å². The van der Waals surface area contributed by atoms with Crippen molar-refractivity contribution in [1.29, 1.82) is 0 Å². The molecular weight excluding hydrogens is 351 g/mol. The van der Waals surface area contributed by atoms with Gasteiger partial charge in [0.25, 0.3) is 0 Å². The number of hydrogen-bond acceptors (Lipinski definition) is 2. The van der Waals surface area contributed by atoms with Crippen LogP contribution in [0.3, 0.4) is 0 Å². The molecule has 0 fully saturated rings. The molecule has 0 saturated carbocycles. The van der Waals surface area contributed by atoms with Gasteiger partial charge in [0.1, 0.15) is 5.02 Å². The first-order valence-corrected chi connectivity index (χ1v) is 6.15. The first kappa shape index (κ1) is 13.5. The zero-order valence-corrected chi connectivity index (χ0v) is 11.7. The monoisotopic (exact) mass is 353 g/mol. The molecule has 0 spiro atoms. The third kappa shape index (κ3) is 2.91. The summed E-state index contributed by atoms with van der Waals surface area (Å²) in [6, 6.07) is 3.64. The summed E-state index contributed by atoms with van der Waals surface area (Å²) in [5.41, 5.74) is 0. The lowest BCUT2D eigenvalue weighted by atomic mass is 10.3. The fourth-order valence-corrected chi connectivity index (χ4v) is 2.02. The van der Waals surface area contributed by atoms with Crippen LogP contribution in [0.2, 0.25) is 10.0 Å². The highest BCUT2D eigenvalue weighted by molar-refractivity contribution is 9.10. The van der Waals surface area contributed by atoms with Gasteiger partial charge in [-0.3, -0.25) is 0 Å². The standard InChI is InChI=1S/C11H4BrCl2F2NO/c12-5-1-8(15)10(16)9(2-5)18-11-7(14)3-6(13)4-17-11/h1-4H. The summed E-state index contributed by atoms with van der Waals surface area (Å²) in [5.74, 6) is -2.54. The molecule has 0 amide bonds. The number of hydrogen-bond donors (Lipinski definition) is 0. The van der Waals surface area contributed by atoms with E-state index >= 15 is 0 Å². The van der Waals surface area contributed by atoms with E-state index in [4.69, 9.17) is 27.9 Å². The van der Waals surface area contributed by atoms with E-state index in [-0.39, 0.29) is 16.7 Å². The number of rotatable bonds is 2. The third-order valence-electron chi connectivity index (χ3n) is 1.94. The molecule has 7 heteroatoms. The number of pyridine rings is 1. The van der Waals surface area contributed by atoms with Crippen LogP contribution in [0.1, 0.15) is 0 Å². The first-order valence-electron chi connectivity index (χ1n) is 4.61. The van der Waals surface area contributed by atoms with Crippen molar-refractivity contribution in [2.45, 2.75) is 0 Å². The Morgan fingerprint density at radius 3 is 2.56 bits per heavy atom. The molecule has 0 saturated heterocycles. The molecule has 2 nitrogen and oxygen atoms in total. The minimum absolute atomic E-state index is 0.0579. The molecule has 94 valence electrons. The Kier molecular flexibility index (Phi) is 4.04. The molecule has 2 aromatic rings. The molecule has 1 aromatic carbocycles. The highest BCUT2D eigenvalue weighted by atomic mass is 79.9. The van der Waals surface area contributed by atoms with Crippen LogP contribution in [0.5, 0.6) is 11.6 Å². The second-order valence-corrected chi connectivity index (χ2v) is 5.00. The van der Waals surface area contributed by atoms with Gasteiger partial charge in [-0.15, -0.1) is 0 Å². The van der Waals surface area contributed by atoms with Crippen LogP contribution < -0.4 is 4.74 Å². The van der Waals surface area contributed by atoms with E-state index in [9.17, 15) is 8.78 Å². The lowest BCUT2D eigenvalue weighted by Crippen LogP contribution is -1.94. The van der Waals surface area contributed by atoms with Crippen molar-refractivity contribution in [2.24, 2.45) is 0 Å². The molecule has 1 heterocycles. The van der Waals surface area contributed by atoms with E-state index in [2.05, 4.69) is 20.9 Å². The van der Waals surface area contributed by atoms with Gasteiger partial charge in [-0.25, -0.2) is 9.37 Å². The maximum absolute atomic E-state index is 13.5. The summed E-state index contributed by atoms with van der Waals surface area (Å²) >= 11 is 14.5. The van der Waals surface area contributed by atoms with Gasteiger partial charge in [-0.1, -0.05) is 39.1 Å². The van der Waals surface area contributed by atoms with Gasteiger partial charge >= 0.3 is 0 Å². The Morgan fingerprint density at radius 2 is 1.89 bits per heavy atom. The van der Waals surface area contributed by atoms with Gasteiger partial charge in [0.15, 0.2) is 11.6 Å². The maximum atomic E-state index is 13.5. The van der Waals surface area contributed by atoms with Crippen molar-refractivity contribution >= 4 is 39.1 Å². The molecule has 18 heavy (non-hydrogen) atoms. The van der Waals surface area contributed by atoms with Crippen molar-refractivity contribution in [2.75, 3.05) is 0 Å². The minimum Gasteiger partial charge on any atom is -0.434 e. The Morgan fingerprint density at radius 1 is 1.17 bits per heavy atom. The van der Waals surface area contributed by atoms with Crippen molar-refractivity contribution < 1.29 is 13.5 Å². The van der Waals surface area contributed by atoms with Crippen LogP contribution in [-0.2, 0) is 0 Å². The number of halogens is 5. The smallest absolute Gasteiger partial charge is 0.238 e. The quantitative estimate of drug-likeness (QED) is 0.689. The molecule has 0 aliphatic carbocycles. The van der Waals surface area contributed by atoms with E-state index in [1.54, 1.807) is 0 Å². The Hall–Kier alpha value is -0.910. The van der Waals surface area contributed by atoms with Gasteiger partial charge in [-0.2, -0.15) is 4.39 Å². The minimum atomic E-state index is -1.12. The van der Waals surface area contributed by atoms with Crippen LogP contribution >= 0.6 is 39.1 Å². The molecule has 2 rings (SSSR count). The topological polar surface area (TPSA) is 22.1 Å². The van der Waals surface area contributed by atoms with Crippen LogP contribution in [-0.4, -0.2) is 4.98 Å². The molecule has 0 N–H and O–H groups in total. The summed E-state index contributed by atoms with van der Waals surface area (Å²) in [4.78, 5) is 3.78. The maximum Gasteiger partial charge on any atom is 0.238 e. The Balaban J connectivity index is 2.40. The van der Waals surface area contributed by atoms with E-state index in [0.29, 0.717) is 9.50 Å². The van der Waals surface area contributed by atoms with E-state index in [0.717, 1.165) is 6.07 Å². The fraction of sp³-hybridized carbons (Fsp3) is 0. The first-order chi connectivity index (χ1) is 8.47. The van der Waals surface area contributed by atoms with E-state index in [1.165, 1.54) is 18.3 Å². The van der Waals surface area contributed by atoms with Gasteiger partial charge in [0, 0.05) is 10.7 Å². The predicted octanol–water partition coefficient (Wildman–Crippen LogP) is 5.22. The van der Waals surface area contributed by atoms with Crippen LogP contribution in [0, 0.1) is 11.6 Å². The zero-order chi connectivity index (χ0) is 13.3. The van der Waals surface area contributed by atoms with Crippen molar-refractivity contribution in [3.05, 3.63) is 50.5 Å². The average molecular weight is 355 g/mol. The second-order valence-electron chi connectivity index (χ2n) is 3.24. The molecule has 0 atom stereocenters. The summed E-state index contributed by atoms with van der Waals surface area (Å²) in [6.45, 7) is 0. The van der Waals surface area contributed by atoms with Gasteiger partial charge in [0.05, 0.1) is 5.02 Å². The molecular formula is C11H4BrCl2F2NO. The molecule has 0 radical (unpaired) electrons. The van der Waals surface area contributed by atoms with E-state index < -0.39 is 11.6 Å². The molecule has 0 aliphatic heterocycles. The summed E-state index contributed by atoms with van der Waals surface area (Å²) in [6.07, 6.45) is 1.29. The van der Waals surface area contributed by atoms with E-state index in [1.807, 2.05) is 0 Å². The third-order valence-corrected chi connectivity index (χ3v) is 2.88. The highest BCUT2D eigenvalue weighted by Crippen LogP contribution is 2.32. The largest absolute Gasteiger partial charge is 0.434 e. The number of aromatic nitrogens is 1. The van der Waals surface area contributed by atoms with Crippen LogP contribution in [0.25, 0.3) is 0 Å². The molecule has 1 aromatic heterocycles. The van der Waals surface area contributed by atoms with Crippen molar-refractivity contribution in [1.82, 2.24) is 4.98 Å². The van der Waals surface area contributed by atoms with Crippen molar-refractivity contribution in [3.8, 4) is 11.6 Å². The predicted molar refractivity (Wildman–Crippen MR) is 68.4 cm³/mol. The lowest BCUT2D eigenvalue weighted by molar-refractivity contribution is 0.405. The second kappa shape index (κ2) is 5.38. The number of ether oxygens (including phenoxy) is 1. The summed E-state index contributed by atoms with van der Waals surface area (Å²) in [7, 11) is 0. The highest BCUT2D eigenvalue weighted by Gasteiger charge is 2.14. The summed E-state index contributed by atoms with van der Waals surface area (Å²) in [5, 5.41) is 0.413. The Labute approximate surface area is 120 Å². The van der Waals surface area contributed by atoms with Gasteiger partial charge in [0.2, 0.25) is 11.7 Å². The zero-order valence-electron chi connectivity index (χ0n) is 8.55. The number of benzene rings is 1. The molecule has 0 aliphatic rings. The molecule has 0 unspecified atom stereocenters. The lowest BCUT2D eigenvalue weighted by Gasteiger charge is -2.08. The molecule has 0 bridgehead atoms. The van der Waals surface area contributed by atoms with Crippen LogP contribution in [0.15, 0.2) is 28.9 Å². The SMILES string of the molecule is Fc1cc(Br)cc(Oc2ncc(Cl)cc2Cl)c1F. The average Bonchev–Trinajstić information content (AvgIpc) is 2.29. The normalized spacial score (nSPS) is 10.5. The van der Waals surface area contributed by atoms with Gasteiger partial charge < -0.3 is 4.74 Å². The Bertz CT molecular complexity index is 610. The van der Waals surface area contributed by atoms with Gasteiger partial charge in [-0.05, 0) is 18.2 Å². The summed E-state index contributed by atoms with van der Waals surface area (Å²) < 4.78 is 32.1. The van der Waals surface area contributed by atoms with Crippen LogP contribution in [0.4, 0.5) is 8.78 Å².